The van der Waals surface area contributed by atoms with Crippen molar-refractivity contribution in [2.45, 2.75) is 19.6 Å². The van der Waals surface area contributed by atoms with Gasteiger partial charge in [-0.15, -0.1) is 0 Å². The smallest absolute Gasteiger partial charge is 0.334 e. The molecule has 17 heavy (non-hydrogen) atoms. The molecule has 0 fully saturated rings. The largest absolute Gasteiger partial charge is 0.414 e. The van der Waals surface area contributed by atoms with Gasteiger partial charge in [0, 0.05) is 24.1 Å². The van der Waals surface area contributed by atoms with Crippen LogP contribution in [0.5, 0.6) is 0 Å². The van der Waals surface area contributed by atoms with Gasteiger partial charge in [-0.25, -0.2) is 4.79 Å². The van der Waals surface area contributed by atoms with Crippen molar-refractivity contribution in [3.05, 3.63) is 47.5 Å². The van der Waals surface area contributed by atoms with Gasteiger partial charge in [-0.2, -0.15) is 0 Å². The maximum absolute atomic E-state index is 11.3. The van der Waals surface area contributed by atoms with E-state index in [-0.39, 0.29) is 0 Å². The van der Waals surface area contributed by atoms with Gasteiger partial charge in [-0.05, 0) is 6.92 Å². The summed E-state index contributed by atoms with van der Waals surface area (Å²) in [6.45, 7) is 2.98. The predicted octanol–water partition coefficient (Wildman–Crippen LogP) is 1.91. The second-order valence-electron chi connectivity index (χ2n) is 3.82. The summed E-state index contributed by atoms with van der Waals surface area (Å²) in [5, 5.41) is 0. The van der Waals surface area contributed by atoms with Crippen molar-refractivity contribution in [2.75, 3.05) is 0 Å². The molecule has 0 bridgehead atoms. The summed E-state index contributed by atoms with van der Waals surface area (Å²) in [5.41, 5.74) is 1.18. The Kier molecular flexibility index (Phi) is 2.71. The molecule has 0 radical (unpaired) electrons. The van der Waals surface area contributed by atoms with E-state index in [2.05, 4.69) is 0 Å². The fourth-order valence-electron chi connectivity index (χ4n) is 1.83. The molecule has 1 aliphatic heterocycles. The van der Waals surface area contributed by atoms with Crippen molar-refractivity contribution in [1.82, 2.24) is 0 Å². The molecule has 2 rings (SSSR count). The fraction of sp³-hybridized carbons (Fsp3) is 0.231. The van der Waals surface area contributed by atoms with Crippen LogP contribution < -0.4 is 0 Å². The van der Waals surface area contributed by atoms with Crippen LogP contribution in [0.25, 0.3) is 0 Å². The number of benzene rings is 1. The van der Waals surface area contributed by atoms with Crippen LogP contribution in [-0.2, 0) is 24.8 Å². The van der Waals surface area contributed by atoms with Gasteiger partial charge in [-0.1, -0.05) is 30.3 Å². The number of ether oxygens (including phenoxy) is 2. The van der Waals surface area contributed by atoms with E-state index in [1.165, 1.54) is 13.0 Å². The molecule has 1 aromatic rings. The van der Waals surface area contributed by atoms with Gasteiger partial charge < -0.3 is 9.47 Å². The molecule has 4 heteroatoms. The van der Waals surface area contributed by atoms with Crippen LogP contribution in [0.2, 0.25) is 0 Å². The molecule has 0 saturated carbocycles. The lowest BCUT2D eigenvalue weighted by atomic mass is 9.99. The number of rotatable bonds is 2. The lowest BCUT2D eigenvalue weighted by Gasteiger charge is -2.29. The van der Waals surface area contributed by atoms with Crippen LogP contribution in [0.1, 0.15) is 19.4 Å². The van der Waals surface area contributed by atoms with E-state index in [0.717, 1.165) is 0 Å². The maximum atomic E-state index is 11.3. The number of hydrogen-bond donors (Lipinski definition) is 0. The van der Waals surface area contributed by atoms with Gasteiger partial charge in [0.15, 0.2) is 0 Å². The van der Waals surface area contributed by atoms with Gasteiger partial charge in [0.05, 0.1) is 0 Å². The van der Waals surface area contributed by atoms with Crippen molar-refractivity contribution in [2.24, 2.45) is 0 Å². The highest BCUT2D eigenvalue weighted by Crippen LogP contribution is 2.39. The quantitative estimate of drug-likeness (QED) is 0.731. The Bertz CT molecular complexity index is 489. The number of hydrogen-bond acceptors (Lipinski definition) is 4. The van der Waals surface area contributed by atoms with E-state index in [0.29, 0.717) is 11.1 Å². The zero-order valence-electron chi connectivity index (χ0n) is 9.60. The van der Waals surface area contributed by atoms with Crippen molar-refractivity contribution >= 4 is 11.9 Å². The van der Waals surface area contributed by atoms with Crippen molar-refractivity contribution < 1.29 is 19.1 Å². The Morgan fingerprint density at radius 3 is 2.41 bits per heavy atom. The summed E-state index contributed by atoms with van der Waals surface area (Å²) >= 11 is 0. The summed E-state index contributed by atoms with van der Waals surface area (Å²) in [7, 11) is 0. The molecule has 4 nitrogen and oxygen atoms in total. The van der Waals surface area contributed by atoms with E-state index in [9.17, 15) is 9.59 Å². The number of carbonyl (C=O) groups is 2. The molecule has 0 N–H and O–H groups in total. The van der Waals surface area contributed by atoms with Gasteiger partial charge in [-0.3, -0.25) is 4.79 Å². The molecule has 1 heterocycles. The first kappa shape index (κ1) is 11.4. The lowest BCUT2D eigenvalue weighted by molar-refractivity contribution is -0.209. The maximum Gasteiger partial charge on any atom is 0.334 e. The molecule has 0 aliphatic carbocycles. The first-order valence-corrected chi connectivity index (χ1v) is 5.21. The van der Waals surface area contributed by atoms with Gasteiger partial charge in [0.1, 0.15) is 0 Å². The summed E-state index contributed by atoms with van der Waals surface area (Å²) in [6.07, 6.45) is 1.33. The standard InChI is InChI=1S/C13H12O4/c1-9-8-12(15)17-13(9,16-10(2)14)11-6-4-3-5-7-11/h3-8H,1-2H3. The molecular weight excluding hydrogens is 220 g/mol. The molecule has 1 unspecified atom stereocenters. The normalized spacial score (nSPS) is 22.9. The van der Waals surface area contributed by atoms with Crippen molar-refractivity contribution in [3.63, 3.8) is 0 Å². The Labute approximate surface area is 98.8 Å². The summed E-state index contributed by atoms with van der Waals surface area (Å²) in [5.74, 6) is -2.41. The van der Waals surface area contributed by atoms with E-state index in [1.807, 2.05) is 6.07 Å². The van der Waals surface area contributed by atoms with Crippen LogP contribution >= 0.6 is 0 Å². The molecular formula is C13H12O4. The number of cyclic esters (lactones) is 1. The van der Waals surface area contributed by atoms with E-state index in [4.69, 9.17) is 9.47 Å². The minimum Gasteiger partial charge on any atom is -0.414 e. The third-order valence-electron chi connectivity index (χ3n) is 2.54. The molecule has 0 amide bonds. The Balaban J connectivity index is 2.50. The molecule has 0 aromatic heterocycles. The topological polar surface area (TPSA) is 52.6 Å². The average molecular weight is 232 g/mol. The van der Waals surface area contributed by atoms with Crippen LogP contribution in [0.3, 0.4) is 0 Å². The molecule has 1 aromatic carbocycles. The van der Waals surface area contributed by atoms with Crippen LogP contribution in [-0.4, -0.2) is 11.9 Å². The van der Waals surface area contributed by atoms with Crippen LogP contribution in [0.15, 0.2) is 42.0 Å². The van der Waals surface area contributed by atoms with E-state index in [1.54, 1.807) is 31.2 Å². The third kappa shape index (κ3) is 1.93. The molecule has 0 spiro atoms. The van der Waals surface area contributed by atoms with Gasteiger partial charge >= 0.3 is 17.7 Å². The fourth-order valence-corrected chi connectivity index (χ4v) is 1.83. The molecule has 0 saturated heterocycles. The average Bonchev–Trinajstić information content (AvgIpc) is 2.55. The van der Waals surface area contributed by atoms with Gasteiger partial charge in [0.2, 0.25) is 0 Å². The lowest BCUT2D eigenvalue weighted by Crippen LogP contribution is -2.33. The Morgan fingerprint density at radius 1 is 1.29 bits per heavy atom. The zero-order chi connectivity index (χ0) is 12.5. The van der Waals surface area contributed by atoms with Gasteiger partial charge in [0.25, 0.3) is 0 Å². The SMILES string of the molecule is CC(=O)OC1(c2ccccc2)OC(=O)C=C1C. The van der Waals surface area contributed by atoms with Crippen molar-refractivity contribution in [1.29, 1.82) is 0 Å². The monoisotopic (exact) mass is 232 g/mol. The molecule has 1 atom stereocenters. The summed E-state index contributed by atoms with van der Waals surface area (Å²) in [6, 6.07) is 8.92. The van der Waals surface area contributed by atoms with Crippen LogP contribution in [0.4, 0.5) is 0 Å². The first-order chi connectivity index (χ1) is 8.04. The van der Waals surface area contributed by atoms with E-state index < -0.39 is 17.7 Å². The predicted molar refractivity (Wildman–Crippen MR) is 59.7 cm³/mol. The zero-order valence-corrected chi connectivity index (χ0v) is 9.60. The second kappa shape index (κ2) is 4.05. The second-order valence-corrected chi connectivity index (χ2v) is 3.82. The summed E-state index contributed by atoms with van der Waals surface area (Å²) < 4.78 is 10.4. The van der Waals surface area contributed by atoms with Crippen molar-refractivity contribution in [3.8, 4) is 0 Å². The highest BCUT2D eigenvalue weighted by molar-refractivity contribution is 5.87. The summed E-state index contributed by atoms with van der Waals surface area (Å²) in [4.78, 5) is 22.5. The minimum absolute atomic E-state index is 0.503. The minimum atomic E-state index is -1.40. The third-order valence-corrected chi connectivity index (χ3v) is 2.54. The highest BCUT2D eigenvalue weighted by atomic mass is 16.7. The van der Waals surface area contributed by atoms with Crippen LogP contribution in [0, 0.1) is 0 Å². The Morgan fingerprint density at radius 2 is 1.94 bits per heavy atom. The Hall–Kier alpha value is -2.10. The molecule has 1 aliphatic rings. The highest BCUT2D eigenvalue weighted by Gasteiger charge is 2.46. The van der Waals surface area contributed by atoms with E-state index >= 15 is 0 Å². The number of carbonyl (C=O) groups excluding carboxylic acids is 2. The number of esters is 2. The first-order valence-electron chi connectivity index (χ1n) is 5.21. The molecule has 88 valence electrons.